The van der Waals surface area contributed by atoms with E-state index < -0.39 is 0 Å². The Hall–Kier alpha value is -2.93. The van der Waals surface area contributed by atoms with E-state index in [0.29, 0.717) is 19.3 Å². The molecule has 2 aromatic carbocycles. The van der Waals surface area contributed by atoms with E-state index in [1.165, 1.54) is 12.1 Å². The molecular weight excluding hydrogens is 409 g/mol. The molecule has 0 saturated carbocycles. The first-order valence-corrected chi connectivity index (χ1v) is 10.9. The molecule has 1 fully saturated rings. The number of hydrogen-bond acceptors (Lipinski definition) is 4. The van der Waals surface area contributed by atoms with E-state index in [0.717, 1.165) is 23.4 Å². The van der Waals surface area contributed by atoms with Gasteiger partial charge in [0.15, 0.2) is 0 Å². The average Bonchev–Trinajstić information content (AvgIpc) is 2.78. The van der Waals surface area contributed by atoms with Crippen LogP contribution >= 0.6 is 0 Å². The quantitative estimate of drug-likeness (QED) is 0.681. The fourth-order valence-electron chi connectivity index (χ4n) is 4.25. The highest BCUT2D eigenvalue weighted by Gasteiger charge is 2.39. The number of carbonyl (C=O) groups excluding carboxylic acids is 2. The minimum atomic E-state index is -0.381. The topological polar surface area (TPSA) is 61.9 Å². The van der Waals surface area contributed by atoms with Crippen LogP contribution in [-0.2, 0) is 9.59 Å². The maximum Gasteiger partial charge on any atom is 0.226 e. The van der Waals surface area contributed by atoms with E-state index in [-0.39, 0.29) is 35.6 Å². The molecule has 3 unspecified atom stereocenters. The lowest BCUT2D eigenvalue weighted by atomic mass is 9.83. The number of nitrogens with one attached hydrogen (secondary N) is 1. The molecule has 1 heterocycles. The molecule has 0 aromatic heterocycles. The van der Waals surface area contributed by atoms with Gasteiger partial charge in [0.25, 0.3) is 0 Å². The third-order valence-corrected chi connectivity index (χ3v) is 6.11. The van der Waals surface area contributed by atoms with Gasteiger partial charge in [-0.2, -0.15) is 0 Å². The van der Waals surface area contributed by atoms with Crippen LogP contribution in [0.2, 0.25) is 0 Å². The second-order valence-corrected chi connectivity index (χ2v) is 8.57. The maximum atomic E-state index is 13.5. The van der Waals surface area contributed by atoms with Crippen LogP contribution in [0.4, 0.5) is 4.39 Å². The molecule has 0 radical (unpaired) electrons. The molecule has 0 bridgehead atoms. The van der Waals surface area contributed by atoms with Crippen LogP contribution in [0.15, 0.2) is 48.5 Å². The molecule has 0 spiro atoms. The maximum absolute atomic E-state index is 13.5. The Morgan fingerprint density at radius 1 is 1.19 bits per heavy atom. The Morgan fingerprint density at radius 2 is 1.84 bits per heavy atom. The monoisotopic (exact) mass is 441 g/mol. The second-order valence-electron chi connectivity index (χ2n) is 8.57. The molecular formula is C25H32FN3O3. The number of halogens is 1. The highest BCUT2D eigenvalue weighted by Crippen LogP contribution is 2.37. The van der Waals surface area contributed by atoms with Gasteiger partial charge in [0.1, 0.15) is 11.6 Å². The van der Waals surface area contributed by atoms with Crippen LogP contribution in [0.5, 0.6) is 5.75 Å². The lowest BCUT2D eigenvalue weighted by Gasteiger charge is -2.39. The van der Waals surface area contributed by atoms with Gasteiger partial charge in [-0.15, -0.1) is 0 Å². The molecule has 6 nitrogen and oxygen atoms in total. The molecule has 1 N–H and O–H groups in total. The molecule has 172 valence electrons. The summed E-state index contributed by atoms with van der Waals surface area (Å²) < 4.78 is 18.7. The summed E-state index contributed by atoms with van der Waals surface area (Å²) in [6.45, 7) is 0.771. The molecule has 2 aromatic rings. The third-order valence-electron chi connectivity index (χ3n) is 6.11. The minimum absolute atomic E-state index is 0.0255. The van der Waals surface area contributed by atoms with Gasteiger partial charge < -0.3 is 19.9 Å². The Bertz CT molecular complexity index is 915. The second kappa shape index (κ2) is 10.6. The molecule has 1 aliphatic heterocycles. The van der Waals surface area contributed by atoms with Crippen molar-refractivity contribution in [3.05, 3.63) is 65.5 Å². The molecule has 7 heteroatoms. The van der Waals surface area contributed by atoms with Crippen molar-refractivity contribution in [3.8, 4) is 5.75 Å². The number of piperidine rings is 1. The van der Waals surface area contributed by atoms with Crippen molar-refractivity contribution >= 4 is 11.8 Å². The predicted molar refractivity (Wildman–Crippen MR) is 122 cm³/mol. The van der Waals surface area contributed by atoms with E-state index in [9.17, 15) is 14.0 Å². The number of ether oxygens (including phenoxy) is 1. The van der Waals surface area contributed by atoms with Crippen molar-refractivity contribution in [1.82, 2.24) is 15.1 Å². The summed E-state index contributed by atoms with van der Waals surface area (Å²) in [5.74, 6) is -0.0396. The highest BCUT2D eigenvalue weighted by molar-refractivity contribution is 5.85. The van der Waals surface area contributed by atoms with E-state index >= 15 is 0 Å². The van der Waals surface area contributed by atoms with Gasteiger partial charge in [-0.25, -0.2) is 4.39 Å². The number of carbonyl (C=O) groups is 2. The molecule has 3 rings (SSSR count). The van der Waals surface area contributed by atoms with Crippen molar-refractivity contribution in [3.63, 3.8) is 0 Å². The Kier molecular flexibility index (Phi) is 7.85. The number of benzene rings is 2. The third kappa shape index (κ3) is 5.65. The number of nitrogens with zero attached hydrogens (tertiary/aromatic N) is 2. The van der Waals surface area contributed by atoms with Gasteiger partial charge in [0, 0.05) is 13.5 Å². The van der Waals surface area contributed by atoms with Gasteiger partial charge in [0.05, 0.1) is 25.1 Å². The van der Waals surface area contributed by atoms with Crippen LogP contribution in [0.1, 0.15) is 42.5 Å². The number of likely N-dealkylation sites (tertiary alicyclic amines) is 1. The highest BCUT2D eigenvalue weighted by atomic mass is 19.1. The normalized spacial score (nSPS) is 19.7. The Balaban J connectivity index is 1.85. The first-order valence-electron chi connectivity index (χ1n) is 10.9. The van der Waals surface area contributed by atoms with E-state index in [1.807, 2.05) is 38.4 Å². The first kappa shape index (κ1) is 23.7. The Labute approximate surface area is 189 Å². The largest absolute Gasteiger partial charge is 0.497 e. The van der Waals surface area contributed by atoms with Crippen molar-refractivity contribution in [2.75, 3.05) is 34.8 Å². The first-order chi connectivity index (χ1) is 15.3. The summed E-state index contributed by atoms with van der Waals surface area (Å²) >= 11 is 0. The fourth-order valence-corrected chi connectivity index (χ4v) is 4.25. The zero-order valence-corrected chi connectivity index (χ0v) is 19.2. The van der Waals surface area contributed by atoms with Gasteiger partial charge in [-0.05, 0) is 68.9 Å². The van der Waals surface area contributed by atoms with Crippen LogP contribution in [-0.4, -0.2) is 56.4 Å². The zero-order chi connectivity index (χ0) is 23.3. The van der Waals surface area contributed by atoms with Gasteiger partial charge in [0.2, 0.25) is 11.8 Å². The number of rotatable bonds is 8. The van der Waals surface area contributed by atoms with E-state index in [4.69, 9.17) is 4.74 Å². The Morgan fingerprint density at radius 3 is 2.44 bits per heavy atom. The SMILES string of the molecule is COc1ccc(C2C(C(=O)NC(CCN(C)C)c3ccc(F)cc3)CCC(=O)N2C)cc1. The molecule has 1 aliphatic rings. The summed E-state index contributed by atoms with van der Waals surface area (Å²) in [5, 5.41) is 3.18. The van der Waals surface area contributed by atoms with Crippen molar-refractivity contribution in [2.45, 2.75) is 31.3 Å². The zero-order valence-electron chi connectivity index (χ0n) is 19.2. The lowest BCUT2D eigenvalue weighted by Crippen LogP contribution is -2.47. The number of hydrogen-bond donors (Lipinski definition) is 1. The van der Waals surface area contributed by atoms with Crippen LogP contribution in [0.25, 0.3) is 0 Å². The molecule has 3 atom stereocenters. The summed E-state index contributed by atoms with van der Waals surface area (Å²) in [6.07, 6.45) is 1.51. The van der Waals surface area contributed by atoms with Gasteiger partial charge in [-0.1, -0.05) is 24.3 Å². The summed E-state index contributed by atoms with van der Waals surface area (Å²) in [5.41, 5.74) is 1.76. The molecule has 2 amide bonds. The smallest absolute Gasteiger partial charge is 0.226 e. The number of amides is 2. The molecule has 1 saturated heterocycles. The molecule has 0 aliphatic carbocycles. The van der Waals surface area contributed by atoms with Gasteiger partial charge in [-0.3, -0.25) is 9.59 Å². The summed E-state index contributed by atoms with van der Waals surface area (Å²) in [7, 11) is 7.31. The van der Waals surface area contributed by atoms with Crippen LogP contribution in [0.3, 0.4) is 0 Å². The standard InChI is InChI=1S/C25H32FN3O3/c1-28(2)16-15-22(17-5-9-19(26)10-6-17)27-25(31)21-13-14-23(30)29(3)24(21)18-7-11-20(32-4)12-8-18/h5-12,21-22,24H,13-16H2,1-4H3,(H,27,31). The van der Waals surface area contributed by atoms with Crippen molar-refractivity contribution in [2.24, 2.45) is 5.92 Å². The predicted octanol–water partition coefficient (Wildman–Crippen LogP) is 3.55. The summed E-state index contributed by atoms with van der Waals surface area (Å²) in [6, 6.07) is 13.2. The van der Waals surface area contributed by atoms with E-state index in [1.54, 1.807) is 31.2 Å². The summed E-state index contributed by atoms with van der Waals surface area (Å²) in [4.78, 5) is 29.7. The fraction of sp³-hybridized carbons (Fsp3) is 0.440. The lowest BCUT2D eigenvalue weighted by molar-refractivity contribution is -0.142. The van der Waals surface area contributed by atoms with Crippen molar-refractivity contribution in [1.29, 1.82) is 0 Å². The average molecular weight is 442 g/mol. The van der Waals surface area contributed by atoms with Crippen molar-refractivity contribution < 1.29 is 18.7 Å². The van der Waals surface area contributed by atoms with Crippen LogP contribution < -0.4 is 10.1 Å². The molecule has 32 heavy (non-hydrogen) atoms. The van der Waals surface area contributed by atoms with Gasteiger partial charge >= 0.3 is 0 Å². The minimum Gasteiger partial charge on any atom is -0.497 e. The van der Waals surface area contributed by atoms with Crippen LogP contribution in [0, 0.1) is 11.7 Å². The number of methoxy groups -OCH3 is 1. The van der Waals surface area contributed by atoms with E-state index in [2.05, 4.69) is 10.2 Å².